The van der Waals surface area contributed by atoms with Gasteiger partial charge in [-0.25, -0.2) is 4.79 Å². The second-order valence-corrected chi connectivity index (χ2v) is 7.26. The van der Waals surface area contributed by atoms with Crippen molar-refractivity contribution in [1.29, 1.82) is 0 Å². The second-order valence-electron chi connectivity index (χ2n) is 7.26. The van der Waals surface area contributed by atoms with Crippen molar-refractivity contribution in [3.63, 3.8) is 0 Å². The lowest BCUT2D eigenvalue weighted by Crippen LogP contribution is -2.30. The summed E-state index contributed by atoms with van der Waals surface area (Å²) in [5.74, 6) is 0.0591. The Morgan fingerprint density at radius 3 is 2.48 bits per heavy atom. The summed E-state index contributed by atoms with van der Waals surface area (Å²) in [5.41, 5.74) is 4.36. The first-order valence-electron chi connectivity index (χ1n) is 9.51. The molecule has 0 radical (unpaired) electrons. The van der Waals surface area contributed by atoms with Crippen molar-refractivity contribution in [2.24, 2.45) is 0 Å². The van der Waals surface area contributed by atoms with E-state index in [2.05, 4.69) is 0 Å². The number of carbonyl (C=O) groups excluding carboxylic acids is 2. The maximum Gasteiger partial charge on any atom is 0.340 e. The molecule has 0 fully saturated rings. The Balaban J connectivity index is 1.58. The third-order valence-electron chi connectivity index (χ3n) is 4.98. The summed E-state index contributed by atoms with van der Waals surface area (Å²) in [5, 5.41) is 0. The Hall–Kier alpha value is -3.28. The van der Waals surface area contributed by atoms with Gasteiger partial charge in [0.05, 0.1) is 18.4 Å². The van der Waals surface area contributed by atoms with Crippen LogP contribution in [0.5, 0.6) is 0 Å². The van der Waals surface area contributed by atoms with Gasteiger partial charge in [-0.15, -0.1) is 0 Å². The molecule has 29 heavy (non-hydrogen) atoms. The third kappa shape index (κ3) is 4.96. The number of aromatic nitrogens is 1. The van der Waals surface area contributed by atoms with Crippen LogP contribution >= 0.6 is 0 Å². The van der Waals surface area contributed by atoms with Gasteiger partial charge in [-0.2, -0.15) is 0 Å². The number of hydrogen-bond donors (Lipinski definition) is 0. The SMILES string of the molecule is Cc1ccc(CN(C)C(=O)COC(=O)c2cc(C)n(Cc3ccco3)c2C)cc1. The fourth-order valence-electron chi connectivity index (χ4n) is 3.18. The first-order chi connectivity index (χ1) is 13.8. The quantitative estimate of drug-likeness (QED) is 0.571. The van der Waals surface area contributed by atoms with E-state index in [1.54, 1.807) is 24.3 Å². The number of likely N-dealkylation sites (N-methyl/N-ethyl adjacent to an activating group) is 1. The molecule has 1 aromatic carbocycles. The van der Waals surface area contributed by atoms with Gasteiger partial charge in [0.1, 0.15) is 5.76 Å². The van der Waals surface area contributed by atoms with Crippen LogP contribution in [0.25, 0.3) is 0 Å². The smallest absolute Gasteiger partial charge is 0.340 e. The number of benzene rings is 1. The Bertz CT molecular complexity index is 985. The number of rotatable bonds is 7. The van der Waals surface area contributed by atoms with E-state index in [-0.39, 0.29) is 12.5 Å². The maximum absolute atomic E-state index is 12.5. The Kier molecular flexibility index (Phi) is 6.22. The minimum atomic E-state index is -0.499. The van der Waals surface area contributed by atoms with Crippen LogP contribution in [-0.4, -0.2) is 35.0 Å². The van der Waals surface area contributed by atoms with Gasteiger partial charge in [0.2, 0.25) is 0 Å². The standard InChI is InChI=1S/C23H26N2O4/c1-16-7-9-19(10-8-16)13-24(4)22(26)15-29-23(27)21-12-17(2)25(18(21)3)14-20-6-5-11-28-20/h5-12H,13-15H2,1-4H3. The van der Waals surface area contributed by atoms with Crippen LogP contribution in [0.1, 0.15) is 38.6 Å². The van der Waals surface area contributed by atoms with Gasteiger partial charge in [0, 0.05) is 25.0 Å². The van der Waals surface area contributed by atoms with E-state index in [0.717, 1.165) is 22.7 Å². The molecule has 0 aliphatic rings. The molecule has 0 atom stereocenters. The number of aryl methyl sites for hydroxylation is 2. The Labute approximate surface area is 170 Å². The summed E-state index contributed by atoms with van der Waals surface area (Å²) >= 11 is 0. The minimum absolute atomic E-state index is 0.247. The normalized spacial score (nSPS) is 10.8. The topological polar surface area (TPSA) is 64.7 Å². The van der Waals surface area contributed by atoms with E-state index in [9.17, 15) is 9.59 Å². The number of nitrogens with zero attached hydrogens (tertiary/aromatic N) is 2. The molecule has 0 unspecified atom stereocenters. The van der Waals surface area contributed by atoms with E-state index in [4.69, 9.17) is 9.15 Å². The van der Waals surface area contributed by atoms with Crippen molar-refractivity contribution < 1.29 is 18.7 Å². The molecule has 3 aromatic rings. The van der Waals surface area contributed by atoms with Crippen molar-refractivity contribution >= 4 is 11.9 Å². The summed E-state index contributed by atoms with van der Waals surface area (Å²) in [6.07, 6.45) is 1.62. The first kappa shape index (κ1) is 20.5. The lowest BCUT2D eigenvalue weighted by atomic mass is 10.1. The van der Waals surface area contributed by atoms with Crippen LogP contribution in [0.4, 0.5) is 0 Å². The summed E-state index contributed by atoms with van der Waals surface area (Å²) in [6, 6.07) is 13.5. The van der Waals surface area contributed by atoms with Gasteiger partial charge in [-0.05, 0) is 44.5 Å². The number of carbonyl (C=O) groups is 2. The van der Waals surface area contributed by atoms with Crippen LogP contribution in [0.3, 0.4) is 0 Å². The van der Waals surface area contributed by atoms with E-state index in [0.29, 0.717) is 18.7 Å². The van der Waals surface area contributed by atoms with Crippen molar-refractivity contribution in [3.8, 4) is 0 Å². The number of furan rings is 1. The number of amides is 1. The maximum atomic E-state index is 12.5. The average Bonchev–Trinajstić information content (AvgIpc) is 3.31. The minimum Gasteiger partial charge on any atom is -0.467 e. The zero-order chi connectivity index (χ0) is 21.0. The van der Waals surface area contributed by atoms with Gasteiger partial charge in [-0.3, -0.25) is 4.79 Å². The first-order valence-corrected chi connectivity index (χ1v) is 9.51. The van der Waals surface area contributed by atoms with Gasteiger partial charge < -0.3 is 18.6 Å². The Morgan fingerprint density at radius 1 is 1.10 bits per heavy atom. The second kappa shape index (κ2) is 8.82. The van der Waals surface area contributed by atoms with Crippen molar-refractivity contribution in [2.75, 3.05) is 13.7 Å². The van der Waals surface area contributed by atoms with E-state index in [1.165, 1.54) is 5.56 Å². The van der Waals surface area contributed by atoms with Crippen LogP contribution in [-0.2, 0) is 22.6 Å². The van der Waals surface area contributed by atoms with Gasteiger partial charge in [0.15, 0.2) is 6.61 Å². The van der Waals surface area contributed by atoms with Crippen molar-refractivity contribution in [2.45, 2.75) is 33.9 Å². The summed E-state index contributed by atoms with van der Waals surface area (Å²) < 4.78 is 12.7. The molecule has 6 heteroatoms. The molecular weight excluding hydrogens is 368 g/mol. The van der Waals surface area contributed by atoms with Crippen molar-refractivity contribution in [1.82, 2.24) is 9.47 Å². The lowest BCUT2D eigenvalue weighted by Gasteiger charge is -2.17. The molecule has 0 spiro atoms. The van der Waals surface area contributed by atoms with E-state index in [1.807, 2.05) is 61.7 Å². The van der Waals surface area contributed by atoms with Gasteiger partial charge in [-0.1, -0.05) is 29.8 Å². The molecule has 152 valence electrons. The molecule has 1 amide bonds. The van der Waals surface area contributed by atoms with Gasteiger partial charge >= 0.3 is 5.97 Å². The third-order valence-corrected chi connectivity index (χ3v) is 4.98. The van der Waals surface area contributed by atoms with Crippen LogP contribution < -0.4 is 0 Å². The highest BCUT2D eigenvalue weighted by atomic mass is 16.5. The highest BCUT2D eigenvalue weighted by molar-refractivity contribution is 5.92. The fourth-order valence-corrected chi connectivity index (χ4v) is 3.18. The average molecular weight is 394 g/mol. The zero-order valence-corrected chi connectivity index (χ0v) is 17.3. The number of hydrogen-bond acceptors (Lipinski definition) is 4. The molecule has 6 nitrogen and oxygen atoms in total. The molecular formula is C23H26N2O4. The largest absolute Gasteiger partial charge is 0.467 e. The predicted molar refractivity (Wildman–Crippen MR) is 110 cm³/mol. The van der Waals surface area contributed by atoms with Crippen LogP contribution in [0, 0.1) is 20.8 Å². The molecule has 3 rings (SSSR count). The van der Waals surface area contributed by atoms with Gasteiger partial charge in [0.25, 0.3) is 5.91 Å². The van der Waals surface area contributed by atoms with Crippen molar-refractivity contribution in [3.05, 3.63) is 82.6 Å². The molecule has 0 saturated carbocycles. The number of ether oxygens (including phenoxy) is 1. The fraction of sp³-hybridized carbons (Fsp3) is 0.304. The highest BCUT2D eigenvalue weighted by Crippen LogP contribution is 2.18. The Morgan fingerprint density at radius 2 is 1.83 bits per heavy atom. The molecule has 0 aliphatic carbocycles. The molecule has 0 N–H and O–H groups in total. The molecule has 2 aromatic heterocycles. The molecule has 2 heterocycles. The van der Waals surface area contributed by atoms with Crippen LogP contribution in [0.15, 0.2) is 53.1 Å². The predicted octanol–water partition coefficient (Wildman–Crippen LogP) is 3.87. The summed E-state index contributed by atoms with van der Waals surface area (Å²) in [7, 11) is 1.70. The zero-order valence-electron chi connectivity index (χ0n) is 17.3. The van der Waals surface area contributed by atoms with E-state index < -0.39 is 5.97 Å². The molecule has 0 aliphatic heterocycles. The summed E-state index contributed by atoms with van der Waals surface area (Å²) in [4.78, 5) is 26.4. The van der Waals surface area contributed by atoms with Crippen LogP contribution in [0.2, 0.25) is 0 Å². The monoisotopic (exact) mass is 394 g/mol. The molecule has 0 saturated heterocycles. The van der Waals surface area contributed by atoms with E-state index >= 15 is 0 Å². The lowest BCUT2D eigenvalue weighted by molar-refractivity contribution is -0.133. The molecule has 0 bridgehead atoms. The summed E-state index contributed by atoms with van der Waals surface area (Å²) in [6.45, 7) is 6.52. The highest BCUT2D eigenvalue weighted by Gasteiger charge is 2.19. The number of esters is 1.